The number of nitrogens with zero attached hydrogens (tertiary/aromatic N) is 1. The summed E-state index contributed by atoms with van der Waals surface area (Å²) >= 11 is 0. The van der Waals surface area contributed by atoms with Crippen molar-refractivity contribution >= 4 is 17.5 Å². The van der Waals surface area contributed by atoms with Crippen LogP contribution in [0.3, 0.4) is 0 Å². The largest absolute Gasteiger partial charge is 0.376 e. The van der Waals surface area contributed by atoms with E-state index < -0.39 is 0 Å². The molecule has 1 saturated heterocycles. The fourth-order valence-corrected chi connectivity index (χ4v) is 2.53. The van der Waals surface area contributed by atoms with Crippen LogP contribution in [0.15, 0.2) is 30.3 Å². The third kappa shape index (κ3) is 5.37. The number of benzene rings is 1. The van der Waals surface area contributed by atoms with Gasteiger partial charge in [0.2, 0.25) is 11.8 Å². The zero-order valence-electron chi connectivity index (χ0n) is 13.0. The van der Waals surface area contributed by atoms with Gasteiger partial charge in [0.05, 0.1) is 13.1 Å². The van der Waals surface area contributed by atoms with E-state index in [0.717, 1.165) is 31.6 Å². The molecular formula is C16H24N4O2. The van der Waals surface area contributed by atoms with Gasteiger partial charge in [-0.1, -0.05) is 18.2 Å². The summed E-state index contributed by atoms with van der Waals surface area (Å²) in [6.45, 7) is 2.39. The van der Waals surface area contributed by atoms with E-state index in [2.05, 4.69) is 20.9 Å². The fourth-order valence-electron chi connectivity index (χ4n) is 2.53. The van der Waals surface area contributed by atoms with Crippen LogP contribution in [0.25, 0.3) is 0 Å². The molecular weight excluding hydrogens is 280 g/mol. The summed E-state index contributed by atoms with van der Waals surface area (Å²) in [5.74, 6) is 0.0446. The Bertz CT molecular complexity index is 484. The Morgan fingerprint density at radius 3 is 2.45 bits per heavy atom. The van der Waals surface area contributed by atoms with Crippen molar-refractivity contribution in [2.45, 2.75) is 18.9 Å². The standard InChI is InChI=1S/C16H24N4O2/c1-17-16(22)12-20-9-7-14(8-10-20)19-15(21)11-18-13-5-3-2-4-6-13/h2-6,14,18H,7-12H2,1H3,(H,17,22)(H,19,21). The van der Waals surface area contributed by atoms with Crippen LogP contribution in [0.2, 0.25) is 0 Å². The molecule has 0 aliphatic carbocycles. The third-order valence-corrected chi connectivity index (χ3v) is 3.83. The van der Waals surface area contributed by atoms with Crippen molar-refractivity contribution in [3.8, 4) is 0 Å². The van der Waals surface area contributed by atoms with Crippen molar-refractivity contribution in [1.29, 1.82) is 0 Å². The van der Waals surface area contributed by atoms with Crippen molar-refractivity contribution in [3.05, 3.63) is 30.3 Å². The molecule has 0 unspecified atom stereocenters. The summed E-state index contributed by atoms with van der Waals surface area (Å²) < 4.78 is 0. The number of likely N-dealkylation sites (tertiary alicyclic amines) is 1. The number of para-hydroxylation sites is 1. The van der Waals surface area contributed by atoms with E-state index >= 15 is 0 Å². The van der Waals surface area contributed by atoms with Crippen molar-refractivity contribution in [2.24, 2.45) is 0 Å². The molecule has 2 rings (SSSR count). The van der Waals surface area contributed by atoms with Gasteiger partial charge in [-0.3, -0.25) is 14.5 Å². The quantitative estimate of drug-likeness (QED) is 0.712. The lowest BCUT2D eigenvalue weighted by atomic mass is 10.1. The molecule has 6 nitrogen and oxygen atoms in total. The van der Waals surface area contributed by atoms with Gasteiger partial charge in [0, 0.05) is 31.9 Å². The molecule has 1 fully saturated rings. The number of nitrogens with one attached hydrogen (secondary N) is 3. The van der Waals surface area contributed by atoms with Crippen LogP contribution in [0.5, 0.6) is 0 Å². The molecule has 0 bridgehead atoms. The number of anilines is 1. The number of amides is 2. The molecule has 0 spiro atoms. The maximum atomic E-state index is 11.9. The Kier molecular flexibility index (Phi) is 6.21. The summed E-state index contributed by atoms with van der Waals surface area (Å²) in [5, 5.41) is 8.78. The summed E-state index contributed by atoms with van der Waals surface area (Å²) in [4.78, 5) is 25.4. The highest BCUT2D eigenvalue weighted by molar-refractivity contribution is 5.81. The van der Waals surface area contributed by atoms with Crippen molar-refractivity contribution in [1.82, 2.24) is 15.5 Å². The average Bonchev–Trinajstić information content (AvgIpc) is 2.55. The summed E-state index contributed by atoms with van der Waals surface area (Å²) in [5.41, 5.74) is 0.943. The number of carbonyl (C=O) groups is 2. The molecule has 1 aliphatic heterocycles. The van der Waals surface area contributed by atoms with Crippen LogP contribution in [0.1, 0.15) is 12.8 Å². The Morgan fingerprint density at radius 2 is 1.82 bits per heavy atom. The second-order valence-electron chi connectivity index (χ2n) is 5.51. The minimum atomic E-state index is 0.00797. The van der Waals surface area contributed by atoms with E-state index in [1.54, 1.807) is 7.05 Å². The van der Waals surface area contributed by atoms with E-state index in [1.807, 2.05) is 30.3 Å². The Labute approximate surface area is 131 Å². The fraction of sp³-hybridized carbons (Fsp3) is 0.500. The molecule has 2 amide bonds. The Morgan fingerprint density at radius 1 is 1.14 bits per heavy atom. The molecule has 0 aromatic heterocycles. The van der Waals surface area contributed by atoms with Crippen molar-refractivity contribution < 1.29 is 9.59 Å². The topological polar surface area (TPSA) is 73.5 Å². The molecule has 0 saturated carbocycles. The van der Waals surface area contributed by atoms with Crippen molar-refractivity contribution in [3.63, 3.8) is 0 Å². The van der Waals surface area contributed by atoms with Gasteiger partial charge in [-0.15, -0.1) is 0 Å². The number of carbonyl (C=O) groups excluding carboxylic acids is 2. The minimum Gasteiger partial charge on any atom is -0.376 e. The highest BCUT2D eigenvalue weighted by atomic mass is 16.2. The third-order valence-electron chi connectivity index (χ3n) is 3.83. The van der Waals surface area contributed by atoms with Crippen molar-refractivity contribution in [2.75, 3.05) is 38.5 Å². The van der Waals surface area contributed by atoms with Crippen LogP contribution in [0.4, 0.5) is 5.69 Å². The first-order chi connectivity index (χ1) is 10.7. The SMILES string of the molecule is CNC(=O)CN1CCC(NC(=O)CNc2ccccc2)CC1. The van der Waals surface area contributed by atoms with E-state index in [9.17, 15) is 9.59 Å². The first-order valence-corrected chi connectivity index (χ1v) is 7.68. The molecule has 3 N–H and O–H groups in total. The van der Waals surface area contributed by atoms with Gasteiger partial charge in [-0.05, 0) is 25.0 Å². The number of likely N-dealkylation sites (N-methyl/N-ethyl adjacent to an activating group) is 1. The van der Waals surface area contributed by atoms with Crippen LogP contribution in [-0.4, -0.2) is 56.0 Å². The molecule has 0 atom stereocenters. The predicted molar refractivity (Wildman–Crippen MR) is 86.6 cm³/mol. The molecule has 1 aromatic rings. The predicted octanol–water partition coefficient (Wildman–Crippen LogP) is 0.425. The Hall–Kier alpha value is -2.08. The van der Waals surface area contributed by atoms with Gasteiger partial charge < -0.3 is 16.0 Å². The molecule has 120 valence electrons. The lowest BCUT2D eigenvalue weighted by Crippen LogP contribution is -2.48. The minimum absolute atomic E-state index is 0.00797. The first-order valence-electron chi connectivity index (χ1n) is 7.68. The van der Waals surface area contributed by atoms with E-state index in [1.165, 1.54) is 0 Å². The van der Waals surface area contributed by atoms with Gasteiger partial charge in [0.15, 0.2) is 0 Å². The summed E-state index contributed by atoms with van der Waals surface area (Å²) in [6, 6.07) is 9.88. The van der Waals surface area contributed by atoms with E-state index in [4.69, 9.17) is 0 Å². The molecule has 0 radical (unpaired) electrons. The van der Waals surface area contributed by atoms with Crippen LogP contribution < -0.4 is 16.0 Å². The zero-order chi connectivity index (χ0) is 15.8. The summed E-state index contributed by atoms with van der Waals surface area (Å²) in [7, 11) is 1.65. The number of piperidine rings is 1. The van der Waals surface area contributed by atoms with E-state index in [-0.39, 0.29) is 24.4 Å². The average molecular weight is 304 g/mol. The van der Waals surface area contributed by atoms with Gasteiger partial charge in [0.25, 0.3) is 0 Å². The summed E-state index contributed by atoms with van der Waals surface area (Å²) in [6.07, 6.45) is 1.77. The van der Waals surface area contributed by atoms with Crippen LogP contribution in [-0.2, 0) is 9.59 Å². The maximum Gasteiger partial charge on any atom is 0.239 e. The maximum absolute atomic E-state index is 11.9. The number of hydrogen-bond donors (Lipinski definition) is 3. The van der Waals surface area contributed by atoms with Gasteiger partial charge in [-0.25, -0.2) is 0 Å². The first kappa shape index (κ1) is 16.3. The van der Waals surface area contributed by atoms with Crippen LogP contribution in [0, 0.1) is 0 Å². The molecule has 1 aromatic carbocycles. The highest BCUT2D eigenvalue weighted by Gasteiger charge is 2.21. The lowest BCUT2D eigenvalue weighted by Gasteiger charge is -2.31. The zero-order valence-corrected chi connectivity index (χ0v) is 13.0. The van der Waals surface area contributed by atoms with Crippen LogP contribution >= 0.6 is 0 Å². The van der Waals surface area contributed by atoms with E-state index in [0.29, 0.717) is 6.54 Å². The number of hydrogen-bond acceptors (Lipinski definition) is 4. The van der Waals surface area contributed by atoms with Gasteiger partial charge in [0.1, 0.15) is 0 Å². The van der Waals surface area contributed by atoms with Gasteiger partial charge in [-0.2, -0.15) is 0 Å². The second-order valence-corrected chi connectivity index (χ2v) is 5.51. The number of rotatable bonds is 6. The second kappa shape index (κ2) is 8.38. The molecule has 1 heterocycles. The molecule has 22 heavy (non-hydrogen) atoms. The monoisotopic (exact) mass is 304 g/mol. The molecule has 1 aliphatic rings. The Balaban J connectivity index is 1.65. The van der Waals surface area contributed by atoms with Gasteiger partial charge >= 0.3 is 0 Å². The lowest BCUT2D eigenvalue weighted by molar-refractivity contribution is -0.123. The highest BCUT2D eigenvalue weighted by Crippen LogP contribution is 2.10. The smallest absolute Gasteiger partial charge is 0.239 e. The molecule has 6 heteroatoms. The normalized spacial score (nSPS) is 16.0.